The lowest BCUT2D eigenvalue weighted by Gasteiger charge is -2.05. The number of rotatable bonds is 1. The molecule has 3 heteroatoms. The van der Waals surface area contributed by atoms with Crippen molar-refractivity contribution in [2.24, 2.45) is 4.99 Å². The van der Waals surface area contributed by atoms with Gasteiger partial charge in [-0.3, -0.25) is 9.79 Å². The largest absolute Gasteiger partial charge is 0.295 e. The quantitative estimate of drug-likeness (QED) is 0.544. The molecule has 0 amide bonds. The van der Waals surface area contributed by atoms with E-state index >= 15 is 0 Å². The summed E-state index contributed by atoms with van der Waals surface area (Å²) in [5, 5.41) is 0. The number of hydrogen-bond donors (Lipinski definition) is 0. The van der Waals surface area contributed by atoms with E-state index in [1.165, 1.54) is 0 Å². The first kappa shape index (κ1) is 8.63. The maximum Gasteiger partial charge on any atom is 0.180 e. The van der Waals surface area contributed by atoms with Crippen LogP contribution in [0, 0.1) is 0 Å². The van der Waals surface area contributed by atoms with E-state index in [-0.39, 0.29) is 16.7 Å². The summed E-state index contributed by atoms with van der Waals surface area (Å²) in [6.07, 6.45) is 1.71. The summed E-state index contributed by atoms with van der Waals surface area (Å²) in [6.45, 7) is 0. The van der Waals surface area contributed by atoms with E-state index in [0.717, 1.165) is 5.56 Å². The van der Waals surface area contributed by atoms with Gasteiger partial charge in [0.05, 0.1) is 5.92 Å². The topological polar surface area (TPSA) is 29.4 Å². The summed E-state index contributed by atoms with van der Waals surface area (Å²) in [5.74, 6) is -0.0447. The molecule has 13 heavy (non-hydrogen) atoms. The maximum atomic E-state index is 11.5. The Morgan fingerprint density at radius 3 is 2.46 bits per heavy atom. The summed E-state index contributed by atoms with van der Waals surface area (Å²) in [4.78, 5) is 15.2. The average molecular weight is 238 g/mol. The van der Waals surface area contributed by atoms with Crippen LogP contribution >= 0.6 is 15.9 Å². The molecule has 0 aromatic heterocycles. The van der Waals surface area contributed by atoms with Crippen molar-refractivity contribution in [2.45, 2.75) is 10.9 Å². The van der Waals surface area contributed by atoms with Crippen LogP contribution in [0.1, 0.15) is 11.5 Å². The number of ketones is 1. The molecule has 2 rings (SSSR count). The Morgan fingerprint density at radius 1 is 1.23 bits per heavy atom. The van der Waals surface area contributed by atoms with Crippen LogP contribution in [0.5, 0.6) is 0 Å². The van der Waals surface area contributed by atoms with Crippen LogP contribution in [0.25, 0.3) is 0 Å². The Kier molecular flexibility index (Phi) is 2.27. The highest BCUT2D eigenvalue weighted by atomic mass is 79.9. The first-order chi connectivity index (χ1) is 6.29. The Labute approximate surface area is 84.8 Å². The third-order valence-electron chi connectivity index (χ3n) is 2.07. The number of carbonyl (C=O) groups is 1. The fourth-order valence-corrected chi connectivity index (χ4v) is 1.79. The van der Waals surface area contributed by atoms with Gasteiger partial charge in [0.1, 0.15) is 0 Å². The zero-order valence-corrected chi connectivity index (χ0v) is 8.44. The van der Waals surface area contributed by atoms with Crippen molar-refractivity contribution in [3.8, 4) is 0 Å². The van der Waals surface area contributed by atoms with E-state index in [1.54, 1.807) is 6.21 Å². The van der Waals surface area contributed by atoms with E-state index < -0.39 is 0 Å². The highest BCUT2D eigenvalue weighted by molar-refractivity contribution is 9.10. The van der Waals surface area contributed by atoms with Crippen molar-refractivity contribution >= 4 is 27.9 Å². The molecule has 0 bridgehead atoms. The lowest BCUT2D eigenvalue weighted by atomic mass is 9.98. The molecule has 0 spiro atoms. The number of benzene rings is 1. The first-order valence-electron chi connectivity index (χ1n) is 4.05. The highest BCUT2D eigenvalue weighted by Crippen LogP contribution is 2.24. The molecular weight excluding hydrogens is 230 g/mol. The molecule has 1 aromatic rings. The van der Waals surface area contributed by atoms with Crippen LogP contribution in [0.4, 0.5) is 0 Å². The second-order valence-corrected chi connectivity index (χ2v) is 3.79. The van der Waals surface area contributed by atoms with Crippen molar-refractivity contribution < 1.29 is 4.79 Å². The lowest BCUT2D eigenvalue weighted by molar-refractivity contribution is -0.117. The van der Waals surface area contributed by atoms with E-state index in [2.05, 4.69) is 20.9 Å². The maximum absolute atomic E-state index is 11.5. The van der Waals surface area contributed by atoms with Gasteiger partial charge in [0.2, 0.25) is 0 Å². The van der Waals surface area contributed by atoms with Crippen molar-refractivity contribution in [1.82, 2.24) is 0 Å². The van der Waals surface area contributed by atoms with Crippen LogP contribution in [-0.4, -0.2) is 16.9 Å². The number of nitrogens with zero attached hydrogens (tertiary/aromatic N) is 1. The smallest absolute Gasteiger partial charge is 0.180 e. The van der Waals surface area contributed by atoms with Crippen molar-refractivity contribution in [2.75, 3.05) is 0 Å². The molecule has 1 aromatic carbocycles. The first-order valence-corrected chi connectivity index (χ1v) is 4.96. The molecular formula is C10H8BrNO. The minimum atomic E-state index is -0.349. The Hall–Kier alpha value is -0.960. The highest BCUT2D eigenvalue weighted by Gasteiger charge is 2.29. The van der Waals surface area contributed by atoms with E-state index in [1.807, 2.05) is 30.3 Å². The standard InChI is InChI=1S/C10H8BrNO/c11-10-9(13)8(6-12-10)7-4-2-1-3-5-7/h1-6,8,10H. The number of hydrogen-bond acceptors (Lipinski definition) is 2. The molecule has 0 saturated heterocycles. The Bertz CT molecular complexity index is 347. The zero-order chi connectivity index (χ0) is 9.26. The lowest BCUT2D eigenvalue weighted by Crippen LogP contribution is -2.14. The average Bonchev–Trinajstić information content (AvgIpc) is 2.49. The van der Waals surface area contributed by atoms with Crippen molar-refractivity contribution in [1.29, 1.82) is 0 Å². The number of alkyl halides is 1. The predicted octanol–water partition coefficient (Wildman–Crippen LogP) is 2.14. The van der Waals surface area contributed by atoms with Gasteiger partial charge in [-0.05, 0) is 5.56 Å². The molecule has 1 aliphatic rings. The Morgan fingerprint density at radius 2 is 1.92 bits per heavy atom. The summed E-state index contributed by atoms with van der Waals surface area (Å²) >= 11 is 3.19. The molecule has 0 aliphatic carbocycles. The fourth-order valence-electron chi connectivity index (χ4n) is 1.37. The van der Waals surface area contributed by atoms with Gasteiger partial charge in [0.25, 0.3) is 0 Å². The molecule has 1 heterocycles. The summed E-state index contributed by atoms with van der Waals surface area (Å²) < 4.78 is 0. The molecule has 2 atom stereocenters. The van der Waals surface area contributed by atoms with Crippen LogP contribution in [0.2, 0.25) is 0 Å². The second-order valence-electron chi connectivity index (χ2n) is 2.92. The van der Waals surface area contributed by atoms with Gasteiger partial charge in [0, 0.05) is 6.21 Å². The molecule has 1 aliphatic heterocycles. The van der Waals surface area contributed by atoms with Gasteiger partial charge in [-0.25, -0.2) is 0 Å². The van der Waals surface area contributed by atoms with Gasteiger partial charge >= 0.3 is 0 Å². The summed E-state index contributed by atoms with van der Waals surface area (Å²) in [5.41, 5.74) is 1.01. The molecule has 0 radical (unpaired) electrons. The fraction of sp³-hybridized carbons (Fsp3) is 0.200. The number of aliphatic imine (C=N–C) groups is 1. The van der Waals surface area contributed by atoms with Crippen LogP contribution in [0.3, 0.4) is 0 Å². The predicted molar refractivity (Wildman–Crippen MR) is 55.4 cm³/mol. The van der Waals surface area contributed by atoms with E-state index in [9.17, 15) is 4.79 Å². The SMILES string of the molecule is O=C1C(Br)N=CC1c1ccccc1. The molecule has 2 nitrogen and oxygen atoms in total. The van der Waals surface area contributed by atoms with Gasteiger partial charge < -0.3 is 0 Å². The summed E-state index contributed by atoms with van der Waals surface area (Å²) in [7, 11) is 0. The number of carbonyl (C=O) groups excluding carboxylic acids is 1. The Balaban J connectivity index is 2.30. The van der Waals surface area contributed by atoms with Gasteiger partial charge in [-0.2, -0.15) is 0 Å². The molecule has 0 N–H and O–H groups in total. The molecule has 66 valence electrons. The van der Waals surface area contributed by atoms with E-state index in [4.69, 9.17) is 0 Å². The van der Waals surface area contributed by atoms with Crippen LogP contribution < -0.4 is 0 Å². The number of halogens is 1. The molecule has 2 unspecified atom stereocenters. The molecule has 0 saturated carbocycles. The van der Waals surface area contributed by atoms with E-state index in [0.29, 0.717) is 0 Å². The zero-order valence-electron chi connectivity index (χ0n) is 6.85. The third kappa shape index (κ3) is 1.56. The van der Waals surface area contributed by atoms with Crippen LogP contribution in [0.15, 0.2) is 35.3 Å². The van der Waals surface area contributed by atoms with Crippen molar-refractivity contribution in [3.05, 3.63) is 35.9 Å². The van der Waals surface area contributed by atoms with Crippen molar-refractivity contribution in [3.63, 3.8) is 0 Å². The van der Waals surface area contributed by atoms with Gasteiger partial charge in [-0.15, -0.1) is 0 Å². The van der Waals surface area contributed by atoms with Crippen LogP contribution in [-0.2, 0) is 4.79 Å². The monoisotopic (exact) mass is 237 g/mol. The number of Topliss-reactive ketones (excluding diaryl/α,β-unsaturated/α-hetero) is 1. The summed E-state index contributed by atoms with van der Waals surface area (Å²) in [6, 6.07) is 9.68. The molecule has 0 fully saturated rings. The van der Waals surface area contributed by atoms with Gasteiger partial charge in [0.15, 0.2) is 10.7 Å². The normalized spacial score (nSPS) is 26.7. The minimum absolute atomic E-state index is 0.117. The minimum Gasteiger partial charge on any atom is -0.295 e. The second kappa shape index (κ2) is 3.42. The third-order valence-corrected chi connectivity index (χ3v) is 2.75. The van der Waals surface area contributed by atoms with Gasteiger partial charge in [-0.1, -0.05) is 46.3 Å².